The molecule has 4 nitrogen and oxygen atoms in total. The summed E-state index contributed by atoms with van der Waals surface area (Å²) in [5.74, 6) is 0.732. The minimum absolute atomic E-state index is 0.103. The third-order valence-electron chi connectivity index (χ3n) is 3.22. The second-order valence-corrected chi connectivity index (χ2v) is 5.53. The van der Waals surface area contributed by atoms with E-state index in [0.717, 1.165) is 36.0 Å². The highest BCUT2D eigenvalue weighted by Gasteiger charge is 2.28. The van der Waals surface area contributed by atoms with Crippen LogP contribution < -0.4 is 4.90 Å². The van der Waals surface area contributed by atoms with Gasteiger partial charge in [0.15, 0.2) is 0 Å². The summed E-state index contributed by atoms with van der Waals surface area (Å²) in [7, 11) is 1.93. The molecule has 0 aliphatic heterocycles. The first-order chi connectivity index (χ1) is 8.09. The Hall–Kier alpha value is -0.390. The van der Waals surface area contributed by atoms with E-state index in [1.54, 1.807) is 6.20 Å². The molecule has 0 aromatic carbocycles. The SMILES string of the molecule is CN(c1nc(Cl)ncc1Br)C1CCCCC1O. The van der Waals surface area contributed by atoms with Crippen LogP contribution in [-0.2, 0) is 0 Å². The smallest absolute Gasteiger partial charge is 0.224 e. The van der Waals surface area contributed by atoms with Gasteiger partial charge in [-0.2, -0.15) is 4.98 Å². The predicted octanol–water partition coefficient (Wildman–Crippen LogP) is 2.63. The molecule has 94 valence electrons. The lowest BCUT2D eigenvalue weighted by atomic mass is 9.91. The Kier molecular flexibility index (Phi) is 4.22. The maximum Gasteiger partial charge on any atom is 0.224 e. The van der Waals surface area contributed by atoms with E-state index >= 15 is 0 Å². The zero-order valence-corrected chi connectivity index (χ0v) is 11.9. The van der Waals surface area contributed by atoms with Crippen molar-refractivity contribution in [1.29, 1.82) is 0 Å². The summed E-state index contributed by atoms with van der Waals surface area (Å²) < 4.78 is 0.794. The zero-order chi connectivity index (χ0) is 12.4. The van der Waals surface area contributed by atoms with E-state index in [9.17, 15) is 5.11 Å². The molecule has 6 heteroatoms. The Bertz CT molecular complexity index is 404. The van der Waals surface area contributed by atoms with Crippen LogP contribution in [0.15, 0.2) is 10.7 Å². The van der Waals surface area contributed by atoms with Crippen molar-refractivity contribution < 1.29 is 5.11 Å². The van der Waals surface area contributed by atoms with Gasteiger partial charge >= 0.3 is 0 Å². The highest BCUT2D eigenvalue weighted by Crippen LogP contribution is 2.30. The summed E-state index contributed by atoms with van der Waals surface area (Å²) >= 11 is 9.21. The number of aliphatic hydroxyl groups excluding tert-OH is 1. The second-order valence-electron chi connectivity index (χ2n) is 4.34. The largest absolute Gasteiger partial charge is 0.391 e. The molecule has 0 amide bonds. The van der Waals surface area contributed by atoms with Crippen molar-refractivity contribution in [2.24, 2.45) is 0 Å². The van der Waals surface area contributed by atoms with Crippen LogP contribution in [0.2, 0.25) is 5.28 Å². The number of hydrogen-bond acceptors (Lipinski definition) is 4. The van der Waals surface area contributed by atoms with Crippen LogP contribution in [0.4, 0.5) is 5.82 Å². The molecule has 1 aromatic rings. The van der Waals surface area contributed by atoms with Crippen molar-refractivity contribution in [3.63, 3.8) is 0 Å². The number of nitrogens with zero attached hydrogens (tertiary/aromatic N) is 3. The maximum atomic E-state index is 10.0. The van der Waals surface area contributed by atoms with Crippen molar-refractivity contribution in [2.75, 3.05) is 11.9 Å². The van der Waals surface area contributed by atoms with Crippen LogP contribution in [0, 0.1) is 0 Å². The van der Waals surface area contributed by atoms with Gasteiger partial charge in [-0.25, -0.2) is 4.98 Å². The molecule has 1 aliphatic rings. The van der Waals surface area contributed by atoms with Gasteiger partial charge in [-0.15, -0.1) is 0 Å². The summed E-state index contributed by atoms with van der Waals surface area (Å²) in [6.07, 6.45) is 5.40. The number of halogens is 2. The predicted molar refractivity (Wildman–Crippen MR) is 71.4 cm³/mol. The van der Waals surface area contributed by atoms with Crippen LogP contribution in [-0.4, -0.2) is 34.3 Å². The van der Waals surface area contributed by atoms with Gasteiger partial charge in [0.05, 0.1) is 16.6 Å². The van der Waals surface area contributed by atoms with E-state index in [4.69, 9.17) is 11.6 Å². The lowest BCUT2D eigenvalue weighted by Crippen LogP contribution is -2.44. The quantitative estimate of drug-likeness (QED) is 0.851. The minimum Gasteiger partial charge on any atom is -0.391 e. The first-order valence-corrected chi connectivity index (χ1v) is 6.85. The molecule has 0 radical (unpaired) electrons. The Labute approximate surface area is 114 Å². The van der Waals surface area contributed by atoms with E-state index in [0.29, 0.717) is 0 Å². The fourth-order valence-corrected chi connectivity index (χ4v) is 2.88. The van der Waals surface area contributed by atoms with Crippen molar-refractivity contribution >= 4 is 33.3 Å². The molecule has 1 fully saturated rings. The normalized spacial score (nSPS) is 24.7. The van der Waals surface area contributed by atoms with E-state index in [-0.39, 0.29) is 17.4 Å². The van der Waals surface area contributed by atoms with E-state index in [1.165, 1.54) is 0 Å². The van der Waals surface area contributed by atoms with Crippen LogP contribution >= 0.6 is 27.5 Å². The van der Waals surface area contributed by atoms with Crippen LogP contribution in [0.5, 0.6) is 0 Å². The standard InChI is InChI=1S/C11H15BrClN3O/c1-16(8-4-2-3-5-9(8)17)10-7(12)6-14-11(13)15-10/h6,8-9,17H,2-5H2,1H3. The number of rotatable bonds is 2. The molecule has 0 spiro atoms. The molecule has 1 heterocycles. The molecule has 0 saturated heterocycles. The Morgan fingerprint density at radius 1 is 1.47 bits per heavy atom. The number of hydrogen-bond donors (Lipinski definition) is 1. The molecule has 1 aliphatic carbocycles. The van der Waals surface area contributed by atoms with Gasteiger partial charge in [0.1, 0.15) is 5.82 Å². The lowest BCUT2D eigenvalue weighted by molar-refractivity contribution is 0.106. The number of aliphatic hydroxyl groups is 1. The number of likely N-dealkylation sites (N-methyl/N-ethyl adjacent to an activating group) is 1. The van der Waals surface area contributed by atoms with Crippen molar-refractivity contribution in [3.05, 3.63) is 16.0 Å². The highest BCUT2D eigenvalue weighted by molar-refractivity contribution is 9.10. The molecule has 2 rings (SSSR count). The first kappa shape index (κ1) is 13.1. The molecule has 17 heavy (non-hydrogen) atoms. The second kappa shape index (κ2) is 5.50. The maximum absolute atomic E-state index is 10.0. The fraction of sp³-hybridized carbons (Fsp3) is 0.636. The topological polar surface area (TPSA) is 49.2 Å². The first-order valence-electron chi connectivity index (χ1n) is 5.68. The fourth-order valence-electron chi connectivity index (χ4n) is 2.29. The summed E-state index contributed by atoms with van der Waals surface area (Å²) in [4.78, 5) is 10.1. The summed E-state index contributed by atoms with van der Waals surface area (Å²) in [5, 5.41) is 10.3. The number of aromatic nitrogens is 2. The molecule has 1 saturated carbocycles. The molecular formula is C11H15BrClN3O. The van der Waals surface area contributed by atoms with Gasteiger partial charge in [0, 0.05) is 13.2 Å². The number of anilines is 1. The van der Waals surface area contributed by atoms with Gasteiger partial charge in [-0.3, -0.25) is 0 Å². The van der Waals surface area contributed by atoms with Gasteiger partial charge in [0.25, 0.3) is 0 Å². The van der Waals surface area contributed by atoms with Gasteiger partial charge in [-0.1, -0.05) is 12.8 Å². The average Bonchev–Trinajstić information content (AvgIpc) is 2.32. The van der Waals surface area contributed by atoms with Crippen molar-refractivity contribution in [2.45, 2.75) is 37.8 Å². The van der Waals surface area contributed by atoms with Crippen LogP contribution in [0.1, 0.15) is 25.7 Å². The lowest BCUT2D eigenvalue weighted by Gasteiger charge is -2.36. The van der Waals surface area contributed by atoms with Crippen LogP contribution in [0.25, 0.3) is 0 Å². The molecular weight excluding hydrogens is 305 g/mol. The average molecular weight is 321 g/mol. The third kappa shape index (κ3) is 2.89. The van der Waals surface area contributed by atoms with Gasteiger partial charge < -0.3 is 10.0 Å². The summed E-state index contributed by atoms with van der Waals surface area (Å²) in [6, 6.07) is 0.103. The van der Waals surface area contributed by atoms with E-state index in [2.05, 4.69) is 25.9 Å². The zero-order valence-electron chi connectivity index (χ0n) is 9.61. The minimum atomic E-state index is -0.297. The molecule has 2 unspecified atom stereocenters. The van der Waals surface area contributed by atoms with E-state index < -0.39 is 0 Å². The monoisotopic (exact) mass is 319 g/mol. The summed E-state index contributed by atoms with van der Waals surface area (Å²) in [5.41, 5.74) is 0. The molecule has 2 atom stereocenters. The Morgan fingerprint density at radius 3 is 2.88 bits per heavy atom. The highest BCUT2D eigenvalue weighted by atomic mass is 79.9. The molecule has 1 N–H and O–H groups in total. The van der Waals surface area contributed by atoms with Crippen molar-refractivity contribution in [3.8, 4) is 0 Å². The summed E-state index contributed by atoms with van der Waals surface area (Å²) in [6.45, 7) is 0. The van der Waals surface area contributed by atoms with Gasteiger partial charge in [-0.05, 0) is 40.4 Å². The molecule has 1 aromatic heterocycles. The third-order valence-corrected chi connectivity index (χ3v) is 3.96. The van der Waals surface area contributed by atoms with Gasteiger partial charge in [0.2, 0.25) is 5.28 Å². The van der Waals surface area contributed by atoms with Crippen molar-refractivity contribution in [1.82, 2.24) is 9.97 Å². The van der Waals surface area contributed by atoms with E-state index in [1.807, 2.05) is 11.9 Å². The molecule has 0 bridgehead atoms. The van der Waals surface area contributed by atoms with Crippen LogP contribution in [0.3, 0.4) is 0 Å². The Morgan fingerprint density at radius 2 is 2.18 bits per heavy atom. The Balaban J connectivity index is 2.23.